The van der Waals surface area contributed by atoms with Crippen LogP contribution in [0.4, 0.5) is 27.6 Å². The summed E-state index contributed by atoms with van der Waals surface area (Å²) in [6.45, 7) is 1.72. The second kappa shape index (κ2) is 11.3. The van der Waals surface area contributed by atoms with Crippen molar-refractivity contribution in [2.75, 3.05) is 11.4 Å². The van der Waals surface area contributed by atoms with E-state index in [0.717, 1.165) is 37.1 Å². The van der Waals surface area contributed by atoms with Crippen molar-refractivity contribution in [1.82, 2.24) is 4.57 Å². The molecule has 0 atom stereocenters. The Morgan fingerprint density at radius 3 is 2.40 bits per heavy atom. The van der Waals surface area contributed by atoms with Crippen molar-refractivity contribution in [2.24, 2.45) is 0 Å². The molecule has 42 heavy (non-hydrogen) atoms. The molecule has 0 spiro atoms. The van der Waals surface area contributed by atoms with Gasteiger partial charge in [-0.15, -0.1) is 0 Å². The number of alkyl halides is 3. The second-order valence-electron chi connectivity index (χ2n) is 9.97. The van der Waals surface area contributed by atoms with E-state index in [4.69, 9.17) is 4.74 Å². The van der Waals surface area contributed by atoms with E-state index in [1.54, 1.807) is 29.7 Å². The minimum atomic E-state index is -4.69. The molecule has 1 aliphatic heterocycles. The van der Waals surface area contributed by atoms with Crippen LogP contribution in [-0.4, -0.2) is 28.1 Å². The molecule has 6 nitrogen and oxygen atoms in total. The van der Waals surface area contributed by atoms with Crippen LogP contribution in [0.15, 0.2) is 66.7 Å². The highest BCUT2D eigenvalue weighted by Gasteiger charge is 2.32. The van der Waals surface area contributed by atoms with Crippen LogP contribution in [0.2, 0.25) is 0 Å². The summed E-state index contributed by atoms with van der Waals surface area (Å²) in [5.41, 5.74) is 0.433. The molecule has 1 fully saturated rings. The fraction of sp³-hybridized carbons (Fsp3) is 0.226. The molecule has 0 unspecified atom stereocenters. The van der Waals surface area contributed by atoms with E-state index < -0.39 is 29.3 Å². The normalized spacial score (nSPS) is 13.9. The average molecular weight is 585 g/mol. The van der Waals surface area contributed by atoms with Crippen molar-refractivity contribution in [3.8, 4) is 22.7 Å². The maximum atomic E-state index is 14.3. The molecule has 1 N–H and O–H groups in total. The summed E-state index contributed by atoms with van der Waals surface area (Å²) in [6.07, 6.45) is -2.90. The summed E-state index contributed by atoms with van der Waals surface area (Å²) < 4.78 is 76.3. The third kappa shape index (κ3) is 5.86. The minimum absolute atomic E-state index is 0.00110. The van der Waals surface area contributed by atoms with Gasteiger partial charge in [0, 0.05) is 47.2 Å². The highest BCUT2D eigenvalue weighted by molar-refractivity contribution is 5.97. The Morgan fingerprint density at radius 1 is 0.952 bits per heavy atom. The number of aryl methyl sites for hydroxylation is 1. The van der Waals surface area contributed by atoms with Crippen LogP contribution in [0, 0.1) is 18.6 Å². The van der Waals surface area contributed by atoms with Gasteiger partial charge in [-0.1, -0.05) is 0 Å². The second-order valence-corrected chi connectivity index (χ2v) is 9.97. The lowest BCUT2D eigenvalue weighted by Gasteiger charge is -2.28. The Hall–Kier alpha value is -4.67. The van der Waals surface area contributed by atoms with Crippen LogP contribution < -0.4 is 9.64 Å². The van der Waals surface area contributed by atoms with Gasteiger partial charge in [0.15, 0.2) is 0 Å². The fourth-order valence-electron chi connectivity index (χ4n) is 5.00. The number of anilines is 1. The highest BCUT2D eigenvalue weighted by Crippen LogP contribution is 2.40. The number of aromatic carboxylic acids is 1. The molecule has 1 aliphatic rings. The van der Waals surface area contributed by atoms with Gasteiger partial charge in [-0.25, -0.2) is 13.6 Å². The lowest BCUT2D eigenvalue weighted by molar-refractivity contribution is -0.137. The first-order chi connectivity index (χ1) is 19.9. The summed E-state index contributed by atoms with van der Waals surface area (Å²) in [5, 5.41) is 9.83. The van der Waals surface area contributed by atoms with Gasteiger partial charge >= 0.3 is 12.1 Å². The fourth-order valence-corrected chi connectivity index (χ4v) is 5.00. The zero-order valence-electron chi connectivity index (χ0n) is 22.3. The van der Waals surface area contributed by atoms with Crippen LogP contribution >= 0.6 is 0 Å². The van der Waals surface area contributed by atoms with Crippen molar-refractivity contribution >= 4 is 17.6 Å². The summed E-state index contributed by atoms with van der Waals surface area (Å²) >= 11 is 0. The average Bonchev–Trinajstić information content (AvgIpc) is 3.33. The Balaban J connectivity index is 1.64. The van der Waals surface area contributed by atoms with E-state index in [9.17, 15) is 36.6 Å². The van der Waals surface area contributed by atoms with Crippen molar-refractivity contribution in [3.63, 3.8) is 0 Å². The van der Waals surface area contributed by atoms with Gasteiger partial charge in [0.2, 0.25) is 5.91 Å². The topological polar surface area (TPSA) is 71.8 Å². The number of benzene rings is 3. The van der Waals surface area contributed by atoms with Crippen LogP contribution in [-0.2, 0) is 17.6 Å². The van der Waals surface area contributed by atoms with Gasteiger partial charge in [-0.3, -0.25) is 4.79 Å². The van der Waals surface area contributed by atoms with Crippen molar-refractivity contribution < 1.29 is 41.4 Å². The van der Waals surface area contributed by atoms with Gasteiger partial charge in [-0.2, -0.15) is 13.2 Å². The number of ether oxygens (including phenoxy) is 1. The van der Waals surface area contributed by atoms with Gasteiger partial charge in [0.05, 0.1) is 16.8 Å². The van der Waals surface area contributed by atoms with E-state index >= 15 is 0 Å². The van der Waals surface area contributed by atoms with Gasteiger partial charge in [0.25, 0.3) is 0 Å². The number of rotatable bonds is 7. The Morgan fingerprint density at radius 2 is 1.71 bits per heavy atom. The van der Waals surface area contributed by atoms with E-state index in [0.29, 0.717) is 36.1 Å². The van der Waals surface area contributed by atoms with E-state index in [2.05, 4.69) is 0 Å². The number of halogens is 5. The van der Waals surface area contributed by atoms with Crippen molar-refractivity contribution in [2.45, 2.75) is 39.0 Å². The van der Waals surface area contributed by atoms with Crippen LogP contribution in [0.1, 0.15) is 46.4 Å². The van der Waals surface area contributed by atoms with Gasteiger partial charge < -0.3 is 19.3 Å². The smallest absolute Gasteiger partial charge is 0.416 e. The molecule has 218 valence electrons. The molecule has 5 rings (SSSR count). The quantitative estimate of drug-likeness (QED) is 0.228. The van der Waals surface area contributed by atoms with Crippen molar-refractivity contribution in [3.05, 3.63) is 101 Å². The van der Waals surface area contributed by atoms with Gasteiger partial charge in [-0.05, 0) is 80.4 Å². The highest BCUT2D eigenvalue weighted by atomic mass is 19.4. The molecule has 0 bridgehead atoms. The maximum Gasteiger partial charge on any atom is 0.416 e. The summed E-state index contributed by atoms with van der Waals surface area (Å²) in [6, 6.07) is 13.4. The molecule has 0 saturated carbocycles. The zero-order chi connectivity index (χ0) is 30.2. The Kier molecular flexibility index (Phi) is 7.77. The number of carboxylic acids is 1. The standard InChI is InChI=1S/C31H25F5N2O4/c1-18-5-9-27(38(18)24-13-20(30(40)41)12-23(16-24)37-11-3-2-4-29(37)39)25-14-21(31(34,35)36)7-10-28(25)42-17-19-6-8-22(32)15-26(19)33/h5-10,12-16H,2-4,11,17H2,1H3,(H,40,41). The monoisotopic (exact) mass is 584 g/mol. The van der Waals surface area contributed by atoms with Crippen LogP contribution in [0.5, 0.6) is 5.75 Å². The minimum Gasteiger partial charge on any atom is -0.488 e. The molecule has 3 aromatic carbocycles. The van der Waals surface area contributed by atoms with Crippen LogP contribution in [0.3, 0.4) is 0 Å². The molecule has 1 aromatic heterocycles. The third-order valence-corrected chi connectivity index (χ3v) is 7.10. The molecule has 0 radical (unpaired) electrons. The summed E-state index contributed by atoms with van der Waals surface area (Å²) in [7, 11) is 0. The molecule has 0 aliphatic carbocycles. The predicted molar refractivity (Wildman–Crippen MR) is 145 cm³/mol. The molecule has 1 saturated heterocycles. The largest absolute Gasteiger partial charge is 0.488 e. The number of carbonyl (C=O) groups excluding carboxylic acids is 1. The number of carboxylic acid groups (broad SMARTS) is 1. The third-order valence-electron chi connectivity index (χ3n) is 7.10. The molecular formula is C31H25F5N2O4. The number of hydrogen-bond donors (Lipinski definition) is 1. The first-order valence-electron chi connectivity index (χ1n) is 13.1. The number of nitrogens with zero attached hydrogens (tertiary/aromatic N) is 2. The molecule has 2 heterocycles. The first-order valence-corrected chi connectivity index (χ1v) is 13.1. The maximum absolute atomic E-state index is 14.3. The number of hydrogen-bond acceptors (Lipinski definition) is 3. The SMILES string of the molecule is Cc1ccc(-c2cc(C(F)(F)F)ccc2OCc2ccc(F)cc2F)n1-c1cc(C(=O)O)cc(N2CCCCC2=O)c1. The Labute approximate surface area is 237 Å². The molecule has 4 aromatic rings. The van der Waals surface area contributed by atoms with Gasteiger partial charge in [0.1, 0.15) is 24.0 Å². The molecule has 11 heteroatoms. The Bertz CT molecular complexity index is 1680. The van der Waals surface area contributed by atoms with E-state index in [1.807, 2.05) is 0 Å². The number of amides is 1. The van der Waals surface area contributed by atoms with E-state index in [-0.39, 0.29) is 40.6 Å². The first kappa shape index (κ1) is 28.8. The molecular weight excluding hydrogens is 559 g/mol. The predicted octanol–water partition coefficient (Wildman–Crippen LogP) is 7.54. The summed E-state index contributed by atoms with van der Waals surface area (Å²) in [5.74, 6) is -3.05. The summed E-state index contributed by atoms with van der Waals surface area (Å²) in [4.78, 5) is 26.2. The van der Waals surface area contributed by atoms with Crippen LogP contribution in [0.25, 0.3) is 16.9 Å². The number of piperidine rings is 1. The van der Waals surface area contributed by atoms with Crippen molar-refractivity contribution in [1.29, 1.82) is 0 Å². The number of aromatic nitrogens is 1. The lowest BCUT2D eigenvalue weighted by Crippen LogP contribution is -2.35. The molecule has 1 amide bonds. The van der Waals surface area contributed by atoms with E-state index in [1.165, 1.54) is 23.1 Å². The lowest BCUT2D eigenvalue weighted by atomic mass is 10.0. The zero-order valence-corrected chi connectivity index (χ0v) is 22.3. The number of carbonyl (C=O) groups is 2.